The Labute approximate surface area is 452 Å². The SMILES string of the molecule is C=CCO[C@@]12Oc3ccc(OC(=O)Nc4ccc(OC)cc4OC)cc3[C@H]3[C@H](CCCCO)[C@@H](CCCCO)C=C(C(=NOCc4ccccc4)C[C@@H]1N(Cc1cccc4ccccc14)C(=O)Oc1ccc([N+](=O)[O-])cc1)[C@H]32. The average Bonchev–Trinajstić information content (AvgIpc) is 3.46. The zero-order valence-electron chi connectivity index (χ0n) is 43.7. The van der Waals surface area contributed by atoms with E-state index in [1.165, 1.54) is 38.5 Å². The number of non-ortho nitro benzene ring substituents is 1. The van der Waals surface area contributed by atoms with Gasteiger partial charge in [-0.2, -0.15) is 0 Å². The van der Waals surface area contributed by atoms with Crippen molar-refractivity contribution in [1.82, 2.24) is 4.90 Å². The molecule has 0 bridgehead atoms. The van der Waals surface area contributed by atoms with Crippen molar-refractivity contribution in [2.75, 3.05) is 39.4 Å². The summed E-state index contributed by atoms with van der Waals surface area (Å²) in [6.45, 7) is 4.21. The van der Waals surface area contributed by atoms with E-state index in [1.807, 2.05) is 78.9 Å². The highest BCUT2D eigenvalue weighted by molar-refractivity contribution is 6.03. The van der Waals surface area contributed by atoms with Crippen molar-refractivity contribution < 1.29 is 58.0 Å². The van der Waals surface area contributed by atoms with E-state index in [9.17, 15) is 25.1 Å². The second-order valence-electron chi connectivity index (χ2n) is 19.5. The smallest absolute Gasteiger partial charge is 0.417 e. The third-order valence-electron chi connectivity index (χ3n) is 14.8. The third-order valence-corrected chi connectivity index (χ3v) is 14.8. The number of methoxy groups -OCH3 is 2. The van der Waals surface area contributed by atoms with Crippen LogP contribution in [0.25, 0.3) is 10.8 Å². The summed E-state index contributed by atoms with van der Waals surface area (Å²) in [6.07, 6.45) is 6.22. The summed E-state index contributed by atoms with van der Waals surface area (Å²) in [5, 5.41) is 41.6. The maximum absolute atomic E-state index is 15.5. The van der Waals surface area contributed by atoms with Gasteiger partial charge in [-0.3, -0.25) is 20.3 Å². The van der Waals surface area contributed by atoms with Crippen LogP contribution in [0.5, 0.6) is 28.7 Å². The van der Waals surface area contributed by atoms with Gasteiger partial charge in [-0.05, 0) is 107 Å². The van der Waals surface area contributed by atoms with Crippen molar-refractivity contribution in [3.05, 3.63) is 185 Å². The normalized spacial score (nSPS) is 20.5. The Balaban J connectivity index is 1.24. The lowest BCUT2D eigenvalue weighted by molar-refractivity contribution is -0.384. The molecule has 78 heavy (non-hydrogen) atoms. The summed E-state index contributed by atoms with van der Waals surface area (Å²) >= 11 is 0. The maximum atomic E-state index is 15.5. The maximum Gasteiger partial charge on any atom is 0.417 e. The number of anilines is 1. The lowest BCUT2D eigenvalue weighted by atomic mass is 9.55. The summed E-state index contributed by atoms with van der Waals surface area (Å²) in [7, 11) is 3.02. The van der Waals surface area contributed by atoms with Gasteiger partial charge < -0.3 is 43.5 Å². The minimum absolute atomic E-state index is 0.00706. The molecular weight excluding hydrogens is 997 g/mol. The lowest BCUT2D eigenvalue weighted by Gasteiger charge is -2.59. The van der Waals surface area contributed by atoms with E-state index in [4.69, 9.17) is 38.4 Å². The summed E-state index contributed by atoms with van der Waals surface area (Å²) in [4.78, 5) is 48.4. The molecule has 6 atom stereocenters. The number of ether oxygens (including phenoxy) is 6. The number of carbonyl (C=O) groups is 2. The monoisotopic (exact) mass is 1060 g/mol. The molecule has 0 unspecified atom stereocenters. The summed E-state index contributed by atoms with van der Waals surface area (Å²) in [5.41, 5.74) is 3.92. The Morgan fingerprint density at radius 3 is 2.32 bits per heavy atom. The number of nitrogens with one attached hydrogen (secondary N) is 1. The summed E-state index contributed by atoms with van der Waals surface area (Å²) < 4.78 is 37.9. The second-order valence-corrected chi connectivity index (χ2v) is 19.5. The molecule has 1 fully saturated rings. The highest BCUT2D eigenvalue weighted by Gasteiger charge is 2.66. The number of unbranched alkanes of at least 4 members (excludes halogenated alkanes) is 2. The first kappa shape index (κ1) is 54.5. The standard InChI is InChI=1S/C61H64N4O13/c1-4-33-74-61-56(64(38-43-20-14-19-41-17-8-9-21-48(41)43)60(69)77-45-25-23-44(24-26-45)65(70)71)37-53(63-75-39-40-15-6-5-7-16-40)50-34-42(18-10-12-31-66)49(22-11-13-32-67)57(58(50)61)51-35-47(28-30-54(51)78-61)76-59(68)62-52-29-27-46(72-2)36-55(52)73-3/h4-9,14-17,19-21,23-30,34-36,42,49,56-58,66-67H,1,10-13,18,22,31-33,37-39H2,2-3H3,(H,62,68)/t42-,49+,56-,57+,58+,61+/m0/s1. The number of rotatable bonds is 23. The molecular formula is C61H64N4O13. The number of carbonyl (C=O) groups excluding carboxylic acids is 2. The van der Waals surface area contributed by atoms with Gasteiger partial charge in [-0.1, -0.05) is 103 Å². The van der Waals surface area contributed by atoms with E-state index in [0.29, 0.717) is 67.2 Å². The zero-order chi connectivity index (χ0) is 54.6. The number of aliphatic hydroxyl groups excluding tert-OH is 2. The number of nitro groups is 1. The predicted molar refractivity (Wildman–Crippen MR) is 294 cm³/mol. The van der Waals surface area contributed by atoms with Gasteiger partial charge in [0.1, 0.15) is 41.4 Å². The number of oxime groups is 1. The number of amides is 2. The van der Waals surface area contributed by atoms with Crippen molar-refractivity contribution in [3.63, 3.8) is 0 Å². The topological polar surface area (TPSA) is 210 Å². The Morgan fingerprint density at radius 2 is 1.58 bits per heavy atom. The minimum atomic E-state index is -1.70. The first-order valence-corrected chi connectivity index (χ1v) is 26.2. The van der Waals surface area contributed by atoms with Crippen LogP contribution >= 0.6 is 0 Å². The fourth-order valence-corrected chi connectivity index (χ4v) is 11.3. The van der Waals surface area contributed by atoms with E-state index < -0.39 is 40.8 Å². The molecule has 406 valence electrons. The van der Waals surface area contributed by atoms with Crippen molar-refractivity contribution in [2.45, 2.75) is 75.8 Å². The molecule has 9 rings (SSSR count). The quantitative estimate of drug-likeness (QED) is 0.0236. The highest BCUT2D eigenvalue weighted by Crippen LogP contribution is 2.62. The van der Waals surface area contributed by atoms with E-state index in [2.05, 4.69) is 18.0 Å². The third kappa shape index (κ3) is 12.0. The van der Waals surface area contributed by atoms with Gasteiger partial charge in [-0.15, -0.1) is 6.58 Å². The molecule has 0 radical (unpaired) electrons. The Morgan fingerprint density at radius 1 is 0.846 bits per heavy atom. The van der Waals surface area contributed by atoms with Crippen LogP contribution in [0, 0.1) is 27.9 Å². The molecule has 3 aliphatic rings. The van der Waals surface area contributed by atoms with Crippen LogP contribution in [0.3, 0.4) is 0 Å². The number of fused-ring (bicyclic) bond motifs is 3. The molecule has 6 aromatic rings. The second kappa shape index (κ2) is 25.3. The van der Waals surface area contributed by atoms with Crippen LogP contribution in [0.2, 0.25) is 0 Å². The van der Waals surface area contributed by atoms with Crippen molar-refractivity contribution in [1.29, 1.82) is 0 Å². The van der Waals surface area contributed by atoms with Crippen molar-refractivity contribution >= 4 is 40.0 Å². The number of hydrogen-bond donors (Lipinski definition) is 3. The van der Waals surface area contributed by atoms with Gasteiger partial charge in [0.2, 0.25) is 5.79 Å². The van der Waals surface area contributed by atoms with Crippen LogP contribution in [-0.4, -0.2) is 83.8 Å². The van der Waals surface area contributed by atoms with Gasteiger partial charge in [0.15, 0.2) is 0 Å². The molecule has 6 aromatic carbocycles. The van der Waals surface area contributed by atoms with Gasteiger partial charge in [0.05, 0.1) is 49.6 Å². The fraction of sp³-hybridized carbons (Fsp3) is 0.328. The van der Waals surface area contributed by atoms with Crippen LogP contribution in [0.1, 0.15) is 67.6 Å². The lowest BCUT2D eigenvalue weighted by Crippen LogP contribution is -2.70. The van der Waals surface area contributed by atoms with Gasteiger partial charge in [0.25, 0.3) is 5.69 Å². The number of nitro benzene ring substituents is 1. The molecule has 2 aliphatic carbocycles. The largest absolute Gasteiger partial charge is 0.497 e. The molecule has 17 heteroatoms. The molecule has 0 spiro atoms. The number of hydrogen-bond acceptors (Lipinski definition) is 14. The first-order chi connectivity index (χ1) is 38.1. The summed E-state index contributed by atoms with van der Waals surface area (Å²) in [5.74, 6) is -1.54. The van der Waals surface area contributed by atoms with Crippen LogP contribution in [0.4, 0.5) is 21.0 Å². The van der Waals surface area contributed by atoms with Crippen molar-refractivity contribution in [3.8, 4) is 28.7 Å². The predicted octanol–water partition coefficient (Wildman–Crippen LogP) is 11.9. The van der Waals surface area contributed by atoms with Crippen LogP contribution in [0.15, 0.2) is 163 Å². The molecule has 17 nitrogen and oxygen atoms in total. The first-order valence-electron chi connectivity index (χ1n) is 26.2. The Kier molecular flexibility index (Phi) is 17.7. The Hall–Kier alpha value is -8.25. The zero-order valence-corrected chi connectivity index (χ0v) is 43.7. The molecule has 1 heterocycles. The fourth-order valence-electron chi connectivity index (χ4n) is 11.3. The molecule has 1 saturated carbocycles. The Bertz CT molecular complexity index is 3140. The van der Waals surface area contributed by atoms with Crippen LogP contribution < -0.4 is 29.0 Å². The molecule has 2 amide bonds. The van der Waals surface area contributed by atoms with E-state index >= 15 is 4.79 Å². The summed E-state index contributed by atoms with van der Waals surface area (Å²) in [6, 6.07) is 37.9. The van der Waals surface area contributed by atoms with Gasteiger partial charge >= 0.3 is 12.2 Å². The van der Waals surface area contributed by atoms with Gasteiger partial charge in [-0.25, -0.2) is 9.59 Å². The number of aliphatic hydroxyl groups is 2. The number of nitrogens with zero attached hydrogens (tertiary/aromatic N) is 3. The highest BCUT2D eigenvalue weighted by atomic mass is 16.7. The number of benzene rings is 6. The van der Waals surface area contributed by atoms with Gasteiger partial charge in [0, 0.05) is 49.3 Å². The van der Waals surface area contributed by atoms with E-state index in [1.54, 1.807) is 41.3 Å². The van der Waals surface area contributed by atoms with E-state index in [0.717, 1.165) is 33.0 Å². The average molecular weight is 1060 g/mol. The number of allylic oxidation sites excluding steroid dienone is 1. The minimum Gasteiger partial charge on any atom is -0.497 e. The molecule has 1 aliphatic heterocycles. The van der Waals surface area contributed by atoms with Crippen LogP contribution in [-0.2, 0) is 22.7 Å². The van der Waals surface area contributed by atoms with E-state index in [-0.39, 0.29) is 68.4 Å². The molecule has 3 N–H and O–H groups in total. The molecule has 0 saturated heterocycles. The van der Waals surface area contributed by atoms with Crippen molar-refractivity contribution in [2.24, 2.45) is 22.9 Å². The molecule has 0 aromatic heterocycles.